The Hall–Kier alpha value is -4.24. The fourth-order valence-electron chi connectivity index (χ4n) is 6.27. The Morgan fingerprint density at radius 3 is 1.87 bits per heavy atom. The lowest BCUT2D eigenvalue weighted by atomic mass is 9.97. The van der Waals surface area contributed by atoms with Gasteiger partial charge in [0.2, 0.25) is 23.8 Å². The van der Waals surface area contributed by atoms with Crippen molar-refractivity contribution in [1.82, 2.24) is 0 Å². The van der Waals surface area contributed by atoms with Crippen molar-refractivity contribution >= 4 is 16.9 Å². The van der Waals surface area contributed by atoms with Crippen molar-refractivity contribution in [2.24, 2.45) is 0 Å². The van der Waals surface area contributed by atoms with Crippen molar-refractivity contribution in [3.05, 3.63) is 46.6 Å². The molecule has 302 valence electrons. The van der Waals surface area contributed by atoms with Gasteiger partial charge < -0.3 is 99.2 Å². The molecular weight excluding hydrogens is 748 g/mol. The normalized spacial score (nSPS) is 36.7. The number of benzene rings is 2. The Morgan fingerprint density at radius 1 is 0.673 bits per heavy atom. The minimum absolute atomic E-state index is 0.0339. The minimum Gasteiger partial charge on any atom is -0.508 e. The number of ether oxygens (including phenoxy) is 6. The van der Waals surface area contributed by atoms with Gasteiger partial charge in [-0.2, -0.15) is 0 Å². The van der Waals surface area contributed by atoms with E-state index in [-0.39, 0.29) is 11.3 Å². The van der Waals surface area contributed by atoms with Gasteiger partial charge in [-0.3, -0.25) is 4.79 Å². The topological polar surface area (TPSA) is 366 Å². The number of carboxylic acid groups (broad SMARTS) is 1. The van der Waals surface area contributed by atoms with E-state index in [2.05, 4.69) is 0 Å². The molecule has 15 atom stereocenters. The van der Waals surface area contributed by atoms with Crippen LogP contribution in [0.4, 0.5) is 0 Å². The lowest BCUT2D eigenvalue weighted by molar-refractivity contribution is -0.358. The van der Waals surface area contributed by atoms with Gasteiger partial charge in [0.1, 0.15) is 89.3 Å². The molecule has 3 aliphatic heterocycles. The molecule has 0 aliphatic carbocycles. The summed E-state index contributed by atoms with van der Waals surface area (Å²) in [7, 11) is 0. The highest BCUT2D eigenvalue weighted by molar-refractivity contribution is 5.88. The molecule has 3 aliphatic rings. The number of phenolic OH excluding ortho intramolecular Hbond substituents is 2. The van der Waals surface area contributed by atoms with Crippen LogP contribution in [0.2, 0.25) is 0 Å². The summed E-state index contributed by atoms with van der Waals surface area (Å²) >= 11 is 0. The fourth-order valence-corrected chi connectivity index (χ4v) is 6.27. The van der Waals surface area contributed by atoms with Gasteiger partial charge in [0.15, 0.2) is 24.3 Å². The lowest BCUT2D eigenvalue weighted by Crippen LogP contribution is -2.65. The highest BCUT2D eigenvalue weighted by Gasteiger charge is 2.52. The van der Waals surface area contributed by atoms with Crippen LogP contribution in [0.25, 0.3) is 22.3 Å². The van der Waals surface area contributed by atoms with E-state index < -0.39 is 151 Å². The van der Waals surface area contributed by atoms with Crippen molar-refractivity contribution in [3.63, 3.8) is 0 Å². The zero-order chi connectivity index (χ0) is 40.0. The molecule has 0 saturated carbocycles. The molecule has 0 unspecified atom stereocenters. The molecule has 0 bridgehead atoms. The molecule has 4 heterocycles. The van der Waals surface area contributed by atoms with Crippen LogP contribution in [0.15, 0.2) is 45.6 Å². The van der Waals surface area contributed by atoms with Crippen LogP contribution in [0.3, 0.4) is 0 Å². The molecule has 3 saturated heterocycles. The van der Waals surface area contributed by atoms with E-state index in [9.17, 15) is 76.0 Å². The maximum Gasteiger partial charge on any atom is 0.335 e. The maximum absolute atomic E-state index is 14.2. The van der Waals surface area contributed by atoms with Gasteiger partial charge in [-0.05, 0) is 24.3 Å². The third kappa shape index (κ3) is 7.66. The number of carbonyl (C=O) groups is 1. The highest BCUT2D eigenvalue weighted by Crippen LogP contribution is 2.39. The molecule has 13 N–H and O–H groups in total. The van der Waals surface area contributed by atoms with Crippen LogP contribution >= 0.6 is 0 Å². The van der Waals surface area contributed by atoms with Crippen molar-refractivity contribution in [3.8, 4) is 34.3 Å². The van der Waals surface area contributed by atoms with Crippen LogP contribution in [0, 0.1) is 0 Å². The van der Waals surface area contributed by atoms with Gasteiger partial charge in [0.25, 0.3) is 0 Å². The summed E-state index contributed by atoms with van der Waals surface area (Å²) in [5, 5.41) is 133. The molecule has 55 heavy (non-hydrogen) atoms. The van der Waals surface area contributed by atoms with Gasteiger partial charge in [-0.25, -0.2) is 4.79 Å². The number of rotatable bonds is 10. The van der Waals surface area contributed by atoms with E-state index in [1.165, 1.54) is 24.3 Å². The molecule has 0 amide bonds. The Kier molecular flexibility index (Phi) is 11.8. The quantitative estimate of drug-likeness (QED) is 0.0916. The number of aromatic hydroxyl groups is 2. The maximum atomic E-state index is 14.2. The first-order valence-corrected chi connectivity index (χ1v) is 16.5. The molecule has 6 rings (SSSR count). The molecule has 22 nitrogen and oxygen atoms in total. The number of aliphatic carboxylic acids is 1. The Bertz CT molecular complexity index is 1880. The fraction of sp³-hybridized carbons (Fsp3) is 0.515. The van der Waals surface area contributed by atoms with Gasteiger partial charge in [0.05, 0.1) is 13.2 Å². The summed E-state index contributed by atoms with van der Waals surface area (Å²) < 4.78 is 39.2. The third-order valence-electron chi connectivity index (χ3n) is 9.30. The molecule has 3 aromatic rings. The summed E-state index contributed by atoms with van der Waals surface area (Å²) in [4.78, 5) is 25.8. The number of hydrogen-bond acceptors (Lipinski definition) is 21. The predicted octanol–water partition coefficient (Wildman–Crippen LogP) is -4.85. The summed E-state index contributed by atoms with van der Waals surface area (Å²) in [5.74, 6) is -4.37. The molecule has 22 heteroatoms. The Labute approximate surface area is 307 Å². The number of carboxylic acids is 1. The van der Waals surface area contributed by atoms with Gasteiger partial charge in [0, 0.05) is 17.7 Å². The molecule has 0 radical (unpaired) electrons. The molecule has 3 fully saturated rings. The number of aliphatic hydroxyl groups excluding tert-OH is 10. The third-order valence-corrected chi connectivity index (χ3v) is 9.30. The van der Waals surface area contributed by atoms with Crippen LogP contribution in [-0.4, -0.2) is 178 Å². The Balaban J connectivity index is 1.41. The first-order chi connectivity index (χ1) is 26.1. The van der Waals surface area contributed by atoms with E-state index in [0.29, 0.717) is 0 Å². The second-order valence-corrected chi connectivity index (χ2v) is 12.9. The minimum atomic E-state index is -2.03. The first-order valence-electron chi connectivity index (χ1n) is 16.5. The van der Waals surface area contributed by atoms with Crippen LogP contribution < -0.4 is 14.9 Å². The number of aliphatic hydroxyl groups is 10. The summed E-state index contributed by atoms with van der Waals surface area (Å²) in [5.41, 5.74) is -1.53. The SMILES string of the molecule is O=C(O)[C@H]1O[C@@H](Oc2cc(O)c3c(=O)c(O[C@@H]4O[C@H](CO)[C@@H](O)[C@H](O)[C@H]4O[C@@H]4O[C@H](CO)[C@@H](O)[C@H](O)[C@H]4O)c(-c4ccc(O)cc4)oc3c2)[C@H](O)[C@@H](O)[C@@H]1O. The van der Waals surface area contributed by atoms with Crippen molar-refractivity contribution in [2.45, 2.75) is 92.1 Å². The second kappa shape index (κ2) is 16.1. The van der Waals surface area contributed by atoms with Gasteiger partial charge >= 0.3 is 5.97 Å². The number of phenols is 2. The second-order valence-electron chi connectivity index (χ2n) is 12.9. The Morgan fingerprint density at radius 2 is 1.25 bits per heavy atom. The zero-order valence-corrected chi connectivity index (χ0v) is 28.0. The zero-order valence-electron chi connectivity index (χ0n) is 28.0. The van der Waals surface area contributed by atoms with Crippen LogP contribution in [-0.2, 0) is 23.7 Å². The summed E-state index contributed by atoms with van der Waals surface area (Å²) in [6.07, 6.45) is -28.6. The molecule has 2 aromatic carbocycles. The molecule has 0 spiro atoms. The standard InChI is InChI=1S/C33H38O22/c34-7-14-17(38)20(41)24(45)32(51-14)55-29-22(43)18(39)15(8-35)52-33(29)53-27-19(40)16-12(37)5-11(6-13(16)50-26(27)9-1-3-10(36)4-2-9)49-31-25(46)21(42)23(44)28(54-31)30(47)48/h1-6,14-15,17-18,20-25,28-29,31-39,41-46H,7-8H2,(H,47,48)/t14-,15-,17-,18-,20+,21+,22+,23+,24-,25-,28+,29-,31-,32+,33+/m1/s1. The van der Waals surface area contributed by atoms with E-state index >= 15 is 0 Å². The van der Waals surface area contributed by atoms with E-state index in [0.717, 1.165) is 12.1 Å². The van der Waals surface area contributed by atoms with Crippen molar-refractivity contribution < 1.29 is 104 Å². The predicted molar refractivity (Wildman–Crippen MR) is 173 cm³/mol. The van der Waals surface area contributed by atoms with Crippen molar-refractivity contribution in [2.75, 3.05) is 13.2 Å². The lowest BCUT2D eigenvalue weighted by Gasteiger charge is -2.45. The first kappa shape index (κ1) is 40.4. The van der Waals surface area contributed by atoms with E-state index in [4.69, 9.17) is 32.8 Å². The molecule has 1 aromatic heterocycles. The van der Waals surface area contributed by atoms with Gasteiger partial charge in [-0.15, -0.1) is 0 Å². The average molecular weight is 787 g/mol. The summed E-state index contributed by atoms with van der Waals surface area (Å²) in [6, 6.07) is 6.79. The van der Waals surface area contributed by atoms with Crippen molar-refractivity contribution in [1.29, 1.82) is 0 Å². The van der Waals surface area contributed by atoms with Crippen LogP contribution in [0.1, 0.15) is 0 Å². The van der Waals surface area contributed by atoms with Crippen LogP contribution in [0.5, 0.6) is 23.0 Å². The summed E-state index contributed by atoms with van der Waals surface area (Å²) in [6.45, 7) is -1.76. The highest BCUT2D eigenvalue weighted by atomic mass is 16.8. The number of fused-ring (bicyclic) bond motifs is 1. The van der Waals surface area contributed by atoms with Gasteiger partial charge in [-0.1, -0.05) is 0 Å². The van der Waals surface area contributed by atoms with E-state index in [1.54, 1.807) is 0 Å². The monoisotopic (exact) mass is 786 g/mol. The smallest absolute Gasteiger partial charge is 0.335 e. The molecular formula is C33H38O22. The largest absolute Gasteiger partial charge is 0.508 e. The van der Waals surface area contributed by atoms with E-state index in [1.807, 2.05) is 0 Å². The number of hydrogen-bond donors (Lipinski definition) is 13. The average Bonchev–Trinajstić information content (AvgIpc) is 3.15.